The lowest BCUT2D eigenvalue weighted by Gasteiger charge is -1.90. The van der Waals surface area contributed by atoms with Crippen molar-refractivity contribution in [3.05, 3.63) is 60.8 Å². The van der Waals surface area contributed by atoms with Gasteiger partial charge in [0.2, 0.25) is 0 Å². The minimum atomic E-state index is -0.897. The van der Waals surface area contributed by atoms with E-state index < -0.39 is 5.97 Å². The molecule has 122 valence electrons. The fourth-order valence-corrected chi connectivity index (χ4v) is 1.79. The van der Waals surface area contributed by atoms with Gasteiger partial charge in [-0.05, 0) is 38.5 Å². The van der Waals surface area contributed by atoms with E-state index in [1.165, 1.54) is 25.7 Å². The number of allylic oxidation sites excluding steroid dienone is 9. The Morgan fingerprint density at radius 2 is 1.41 bits per heavy atom. The SMILES string of the molecule is CCCCC/C=C\C/C=C/CC/C=C/C=C/C/C=C/C(=O)O. The van der Waals surface area contributed by atoms with Gasteiger partial charge in [0.1, 0.15) is 0 Å². The standard InChI is InChI=1S/C20H30O2/c1-2-3-4-5-6-7-8-9-10-11-12-13-14-15-16-17-18-19-20(21)22/h6-7,9-10,13-16,18-19H,2-5,8,11-12,17H2,1H3,(H,21,22)/b7-6-,10-9+,14-13+,16-15+,19-18+. The van der Waals surface area contributed by atoms with Gasteiger partial charge in [-0.3, -0.25) is 0 Å². The summed E-state index contributed by atoms with van der Waals surface area (Å²) in [6, 6.07) is 0. The second-order valence-electron chi connectivity index (χ2n) is 5.08. The molecule has 0 aliphatic carbocycles. The zero-order chi connectivity index (χ0) is 16.3. The van der Waals surface area contributed by atoms with Crippen LogP contribution in [-0.2, 0) is 4.79 Å². The summed E-state index contributed by atoms with van der Waals surface area (Å²) < 4.78 is 0. The van der Waals surface area contributed by atoms with Crippen molar-refractivity contribution < 1.29 is 9.90 Å². The molecule has 0 spiro atoms. The maximum atomic E-state index is 10.2. The molecule has 2 nitrogen and oxygen atoms in total. The first kappa shape index (κ1) is 20.2. The average molecular weight is 302 g/mol. The molecule has 0 rings (SSSR count). The van der Waals surface area contributed by atoms with E-state index in [2.05, 4.69) is 37.3 Å². The van der Waals surface area contributed by atoms with Crippen molar-refractivity contribution in [3.63, 3.8) is 0 Å². The van der Waals surface area contributed by atoms with E-state index in [0.717, 1.165) is 25.3 Å². The molecule has 22 heavy (non-hydrogen) atoms. The zero-order valence-corrected chi connectivity index (χ0v) is 13.8. The Morgan fingerprint density at radius 3 is 2.14 bits per heavy atom. The molecule has 0 saturated carbocycles. The van der Waals surface area contributed by atoms with Crippen molar-refractivity contribution in [1.82, 2.24) is 0 Å². The molecule has 0 radical (unpaired) electrons. The van der Waals surface area contributed by atoms with Crippen LogP contribution in [0.15, 0.2) is 60.8 Å². The van der Waals surface area contributed by atoms with Crippen LogP contribution in [0, 0.1) is 0 Å². The molecule has 0 bridgehead atoms. The van der Waals surface area contributed by atoms with E-state index in [-0.39, 0.29) is 0 Å². The van der Waals surface area contributed by atoms with Crippen LogP contribution < -0.4 is 0 Å². The van der Waals surface area contributed by atoms with Crippen LogP contribution in [0.2, 0.25) is 0 Å². The Bertz CT molecular complexity index is 398. The highest BCUT2D eigenvalue weighted by Crippen LogP contribution is 2.01. The minimum absolute atomic E-state index is 0.654. The normalized spacial score (nSPS) is 12.8. The Kier molecular flexibility index (Phi) is 15.8. The summed E-state index contributed by atoms with van der Waals surface area (Å²) in [5.74, 6) is -0.897. The topological polar surface area (TPSA) is 37.3 Å². The summed E-state index contributed by atoms with van der Waals surface area (Å²) in [7, 11) is 0. The highest BCUT2D eigenvalue weighted by Gasteiger charge is 1.82. The maximum absolute atomic E-state index is 10.2. The number of aliphatic carboxylic acids is 1. The predicted octanol–water partition coefficient (Wildman–Crippen LogP) is 5.99. The molecule has 0 aliphatic heterocycles. The molecule has 0 unspecified atom stereocenters. The molecule has 0 fully saturated rings. The molecule has 0 aromatic rings. The number of carboxylic acids is 1. The molecule has 0 heterocycles. The van der Waals surface area contributed by atoms with Gasteiger partial charge in [0.15, 0.2) is 0 Å². The highest BCUT2D eigenvalue weighted by atomic mass is 16.4. The van der Waals surface area contributed by atoms with E-state index >= 15 is 0 Å². The van der Waals surface area contributed by atoms with Crippen molar-refractivity contribution in [2.45, 2.75) is 58.3 Å². The summed E-state index contributed by atoms with van der Waals surface area (Å²) in [4.78, 5) is 10.2. The summed E-state index contributed by atoms with van der Waals surface area (Å²) in [5.41, 5.74) is 0. The number of rotatable bonds is 13. The van der Waals surface area contributed by atoms with Gasteiger partial charge in [-0.25, -0.2) is 4.79 Å². The monoisotopic (exact) mass is 302 g/mol. The molecule has 0 atom stereocenters. The molecule has 0 aromatic heterocycles. The Labute approximate surface area is 135 Å². The van der Waals surface area contributed by atoms with E-state index in [9.17, 15) is 4.79 Å². The smallest absolute Gasteiger partial charge is 0.327 e. The average Bonchev–Trinajstić information content (AvgIpc) is 2.50. The van der Waals surface area contributed by atoms with Gasteiger partial charge in [-0.1, -0.05) is 74.4 Å². The van der Waals surface area contributed by atoms with Gasteiger partial charge in [-0.2, -0.15) is 0 Å². The van der Waals surface area contributed by atoms with Crippen LogP contribution in [0.3, 0.4) is 0 Å². The summed E-state index contributed by atoms with van der Waals surface area (Å²) in [6.45, 7) is 2.23. The van der Waals surface area contributed by atoms with Gasteiger partial charge in [0.05, 0.1) is 0 Å². The molecule has 0 amide bonds. The fraction of sp³-hybridized carbons (Fsp3) is 0.450. The van der Waals surface area contributed by atoms with Crippen molar-refractivity contribution >= 4 is 5.97 Å². The van der Waals surface area contributed by atoms with Crippen LogP contribution in [-0.4, -0.2) is 11.1 Å². The molecule has 2 heteroatoms. The van der Waals surface area contributed by atoms with Crippen LogP contribution in [0.5, 0.6) is 0 Å². The number of carbonyl (C=O) groups is 1. The summed E-state index contributed by atoms with van der Waals surface area (Å²) in [6.07, 6.45) is 28.7. The van der Waals surface area contributed by atoms with E-state index in [1.54, 1.807) is 6.08 Å². The van der Waals surface area contributed by atoms with Gasteiger partial charge >= 0.3 is 5.97 Å². The quantitative estimate of drug-likeness (QED) is 0.196. The van der Waals surface area contributed by atoms with Gasteiger partial charge in [0.25, 0.3) is 0 Å². The molecule has 1 N–H and O–H groups in total. The predicted molar refractivity (Wildman–Crippen MR) is 95.9 cm³/mol. The lowest BCUT2D eigenvalue weighted by molar-refractivity contribution is -0.131. The molecule has 0 aliphatic rings. The minimum Gasteiger partial charge on any atom is -0.478 e. The Hall–Kier alpha value is -1.83. The lowest BCUT2D eigenvalue weighted by atomic mass is 10.2. The molecular formula is C20H30O2. The largest absolute Gasteiger partial charge is 0.478 e. The third-order valence-electron chi connectivity index (χ3n) is 3.00. The molecule has 0 aromatic carbocycles. The zero-order valence-electron chi connectivity index (χ0n) is 13.8. The van der Waals surface area contributed by atoms with Gasteiger partial charge in [0, 0.05) is 6.08 Å². The van der Waals surface area contributed by atoms with Crippen molar-refractivity contribution in [1.29, 1.82) is 0 Å². The Morgan fingerprint density at radius 1 is 0.773 bits per heavy atom. The van der Waals surface area contributed by atoms with Gasteiger partial charge < -0.3 is 5.11 Å². The van der Waals surface area contributed by atoms with Crippen molar-refractivity contribution in [2.75, 3.05) is 0 Å². The molecule has 0 saturated heterocycles. The number of hydrogen-bond acceptors (Lipinski definition) is 1. The summed E-state index contributed by atoms with van der Waals surface area (Å²) in [5, 5.41) is 8.40. The van der Waals surface area contributed by atoms with Crippen molar-refractivity contribution in [3.8, 4) is 0 Å². The van der Waals surface area contributed by atoms with Crippen LogP contribution in [0.25, 0.3) is 0 Å². The highest BCUT2D eigenvalue weighted by molar-refractivity contribution is 5.79. The first-order valence-electron chi connectivity index (χ1n) is 8.28. The third kappa shape index (κ3) is 18.2. The third-order valence-corrected chi connectivity index (χ3v) is 3.00. The second-order valence-corrected chi connectivity index (χ2v) is 5.08. The van der Waals surface area contributed by atoms with Crippen LogP contribution in [0.1, 0.15) is 58.3 Å². The Balaban J connectivity index is 3.47. The second kappa shape index (κ2) is 17.2. The van der Waals surface area contributed by atoms with Gasteiger partial charge in [-0.15, -0.1) is 0 Å². The first-order chi connectivity index (χ1) is 10.8. The maximum Gasteiger partial charge on any atom is 0.327 e. The number of carboxylic acid groups (broad SMARTS) is 1. The molecular weight excluding hydrogens is 272 g/mol. The number of hydrogen-bond donors (Lipinski definition) is 1. The van der Waals surface area contributed by atoms with E-state index in [0.29, 0.717) is 6.42 Å². The van der Waals surface area contributed by atoms with E-state index in [4.69, 9.17) is 5.11 Å². The van der Waals surface area contributed by atoms with E-state index in [1.807, 2.05) is 18.2 Å². The number of unbranched alkanes of at least 4 members (excludes halogenated alkanes) is 4. The first-order valence-corrected chi connectivity index (χ1v) is 8.28. The lowest BCUT2D eigenvalue weighted by Crippen LogP contribution is -1.84. The van der Waals surface area contributed by atoms with Crippen molar-refractivity contribution in [2.24, 2.45) is 0 Å². The van der Waals surface area contributed by atoms with Crippen LogP contribution in [0.4, 0.5) is 0 Å². The summed E-state index contributed by atoms with van der Waals surface area (Å²) >= 11 is 0. The van der Waals surface area contributed by atoms with Crippen LogP contribution >= 0.6 is 0 Å². The fourth-order valence-electron chi connectivity index (χ4n) is 1.79.